The van der Waals surface area contributed by atoms with Crippen molar-refractivity contribution in [3.63, 3.8) is 0 Å². The Balaban J connectivity index is 1.58. The lowest BCUT2D eigenvalue weighted by Gasteiger charge is -2.18. The minimum atomic E-state index is -0.186. The van der Waals surface area contributed by atoms with E-state index in [1.54, 1.807) is 17.1 Å². The largest absolute Gasteiger partial charge is 0.345 e. The van der Waals surface area contributed by atoms with Gasteiger partial charge in [0.15, 0.2) is 5.65 Å². The summed E-state index contributed by atoms with van der Waals surface area (Å²) in [7, 11) is 1.92. The Morgan fingerprint density at radius 2 is 2.04 bits per heavy atom. The molecule has 0 aliphatic carbocycles. The average molecular weight is 363 g/mol. The van der Waals surface area contributed by atoms with Gasteiger partial charge in [0.1, 0.15) is 11.2 Å². The van der Waals surface area contributed by atoms with Crippen LogP contribution in [0.5, 0.6) is 0 Å². The van der Waals surface area contributed by atoms with Crippen molar-refractivity contribution in [2.75, 3.05) is 18.5 Å². The summed E-state index contributed by atoms with van der Waals surface area (Å²) in [5.41, 5.74) is 1.24. The molecule has 0 saturated carbocycles. The Kier molecular flexibility index (Phi) is 4.45. The number of aromatic nitrogens is 6. The van der Waals surface area contributed by atoms with Crippen molar-refractivity contribution in [3.05, 3.63) is 65.1 Å². The van der Waals surface area contributed by atoms with E-state index in [9.17, 15) is 4.79 Å². The minimum absolute atomic E-state index is 0.186. The third kappa shape index (κ3) is 3.33. The van der Waals surface area contributed by atoms with Crippen LogP contribution < -0.4 is 10.5 Å². The number of rotatable bonds is 6. The van der Waals surface area contributed by atoms with Gasteiger partial charge in [-0.05, 0) is 25.5 Å². The summed E-state index contributed by atoms with van der Waals surface area (Å²) >= 11 is 0. The molecule has 0 saturated heterocycles. The van der Waals surface area contributed by atoms with Gasteiger partial charge in [-0.2, -0.15) is 10.1 Å². The van der Waals surface area contributed by atoms with Gasteiger partial charge in [0, 0.05) is 32.5 Å². The average Bonchev–Trinajstić information content (AvgIpc) is 3.29. The number of aromatic amines is 1. The summed E-state index contributed by atoms with van der Waals surface area (Å²) < 4.78 is 3.80. The lowest BCUT2D eigenvalue weighted by Crippen LogP contribution is -2.25. The highest BCUT2D eigenvalue weighted by Crippen LogP contribution is 2.15. The molecule has 0 radical (unpaired) electrons. The number of benzene rings is 1. The van der Waals surface area contributed by atoms with E-state index >= 15 is 0 Å². The van der Waals surface area contributed by atoms with Crippen molar-refractivity contribution in [3.8, 4) is 5.69 Å². The van der Waals surface area contributed by atoms with E-state index < -0.39 is 0 Å². The number of hydrogen-bond acceptors (Lipinski definition) is 5. The van der Waals surface area contributed by atoms with Crippen LogP contribution in [0.2, 0.25) is 0 Å². The van der Waals surface area contributed by atoms with E-state index in [1.807, 2.05) is 55.4 Å². The van der Waals surface area contributed by atoms with E-state index in [0.717, 1.165) is 31.0 Å². The van der Waals surface area contributed by atoms with E-state index in [-0.39, 0.29) is 5.56 Å². The molecule has 8 nitrogen and oxygen atoms in total. The lowest BCUT2D eigenvalue weighted by atomic mass is 10.3. The van der Waals surface area contributed by atoms with E-state index in [2.05, 4.69) is 24.6 Å². The monoisotopic (exact) mass is 363 g/mol. The second-order valence-corrected chi connectivity index (χ2v) is 6.46. The Bertz CT molecular complexity index is 1110. The number of aryl methyl sites for hydroxylation is 2. The van der Waals surface area contributed by atoms with Crippen molar-refractivity contribution in [2.45, 2.75) is 19.9 Å². The van der Waals surface area contributed by atoms with Gasteiger partial charge in [0.2, 0.25) is 5.95 Å². The van der Waals surface area contributed by atoms with Crippen LogP contribution in [0.25, 0.3) is 16.7 Å². The van der Waals surface area contributed by atoms with Crippen LogP contribution in [0.4, 0.5) is 5.95 Å². The first kappa shape index (κ1) is 17.0. The molecule has 0 aliphatic rings. The summed E-state index contributed by atoms with van der Waals surface area (Å²) in [6.45, 7) is 3.61. The number of hydrogen-bond donors (Lipinski definition) is 1. The fraction of sp³-hybridized carbons (Fsp3) is 0.263. The van der Waals surface area contributed by atoms with Crippen LogP contribution in [0.1, 0.15) is 12.2 Å². The first-order chi connectivity index (χ1) is 13.1. The van der Waals surface area contributed by atoms with E-state index in [1.165, 1.54) is 0 Å². The first-order valence-electron chi connectivity index (χ1n) is 8.86. The maximum atomic E-state index is 12.5. The zero-order valence-electron chi connectivity index (χ0n) is 15.3. The molecule has 0 bridgehead atoms. The molecular formula is C19H21N7O. The molecule has 0 amide bonds. The molecule has 0 aliphatic heterocycles. The second kappa shape index (κ2) is 7.06. The van der Waals surface area contributed by atoms with Crippen LogP contribution in [-0.2, 0) is 6.54 Å². The van der Waals surface area contributed by atoms with Gasteiger partial charge in [0.05, 0.1) is 11.9 Å². The molecule has 3 heterocycles. The Hall–Kier alpha value is -3.42. The molecule has 4 aromatic rings. The zero-order valence-corrected chi connectivity index (χ0v) is 15.3. The lowest BCUT2D eigenvalue weighted by molar-refractivity contribution is 0.619. The van der Waals surface area contributed by atoms with Gasteiger partial charge in [-0.25, -0.2) is 9.67 Å². The zero-order chi connectivity index (χ0) is 18.8. The molecule has 0 fully saturated rings. The Labute approximate surface area is 156 Å². The van der Waals surface area contributed by atoms with Crippen molar-refractivity contribution < 1.29 is 0 Å². The molecule has 3 aromatic heterocycles. The van der Waals surface area contributed by atoms with Crippen LogP contribution >= 0.6 is 0 Å². The summed E-state index contributed by atoms with van der Waals surface area (Å²) in [4.78, 5) is 26.2. The molecule has 8 heteroatoms. The smallest absolute Gasteiger partial charge is 0.263 e. The third-order valence-corrected chi connectivity index (χ3v) is 4.60. The summed E-state index contributed by atoms with van der Waals surface area (Å²) in [6.07, 6.45) is 6.24. The molecular weight excluding hydrogens is 342 g/mol. The van der Waals surface area contributed by atoms with Crippen molar-refractivity contribution in [1.82, 2.24) is 29.3 Å². The van der Waals surface area contributed by atoms with E-state index in [4.69, 9.17) is 0 Å². The molecule has 0 spiro atoms. The maximum Gasteiger partial charge on any atom is 0.263 e. The Morgan fingerprint density at radius 1 is 1.22 bits per heavy atom. The van der Waals surface area contributed by atoms with E-state index in [0.29, 0.717) is 17.0 Å². The van der Waals surface area contributed by atoms with Crippen molar-refractivity contribution >= 4 is 17.0 Å². The van der Waals surface area contributed by atoms with Crippen LogP contribution in [0.15, 0.2) is 53.7 Å². The fourth-order valence-electron chi connectivity index (χ4n) is 3.07. The molecule has 4 rings (SSSR count). The highest BCUT2D eigenvalue weighted by atomic mass is 16.1. The minimum Gasteiger partial charge on any atom is -0.345 e. The van der Waals surface area contributed by atoms with Gasteiger partial charge >= 0.3 is 0 Å². The summed E-state index contributed by atoms with van der Waals surface area (Å²) in [6, 6.07) is 9.68. The highest BCUT2D eigenvalue weighted by molar-refractivity contribution is 5.76. The Morgan fingerprint density at radius 3 is 2.78 bits per heavy atom. The quantitative estimate of drug-likeness (QED) is 0.567. The van der Waals surface area contributed by atoms with Gasteiger partial charge in [-0.3, -0.25) is 9.78 Å². The predicted molar refractivity (Wildman–Crippen MR) is 104 cm³/mol. The summed E-state index contributed by atoms with van der Waals surface area (Å²) in [5.74, 6) is 1.53. The number of imidazole rings is 1. The fourth-order valence-corrected chi connectivity index (χ4v) is 3.07. The number of para-hydroxylation sites is 1. The topological polar surface area (TPSA) is 84.6 Å². The van der Waals surface area contributed by atoms with Crippen molar-refractivity contribution in [2.24, 2.45) is 0 Å². The molecule has 1 aromatic carbocycles. The molecule has 138 valence electrons. The van der Waals surface area contributed by atoms with Gasteiger partial charge in [0.25, 0.3) is 5.56 Å². The van der Waals surface area contributed by atoms with Crippen molar-refractivity contribution in [1.29, 1.82) is 0 Å². The van der Waals surface area contributed by atoms with Crippen LogP contribution in [-0.4, -0.2) is 42.9 Å². The molecule has 27 heavy (non-hydrogen) atoms. The molecule has 0 atom stereocenters. The number of anilines is 1. The number of fused-ring (bicyclic) bond motifs is 1. The normalized spacial score (nSPS) is 11.2. The second-order valence-electron chi connectivity index (χ2n) is 6.46. The third-order valence-electron chi connectivity index (χ3n) is 4.60. The van der Waals surface area contributed by atoms with Gasteiger partial charge in [-0.1, -0.05) is 18.2 Å². The first-order valence-corrected chi connectivity index (χ1v) is 8.86. The van der Waals surface area contributed by atoms with Crippen LogP contribution in [0, 0.1) is 6.92 Å². The molecule has 0 unspecified atom stereocenters. The summed E-state index contributed by atoms with van der Waals surface area (Å²) in [5, 5.41) is 4.81. The predicted octanol–water partition coefficient (Wildman–Crippen LogP) is 2.14. The van der Waals surface area contributed by atoms with Gasteiger partial charge in [-0.15, -0.1) is 0 Å². The number of nitrogens with zero attached hydrogens (tertiary/aromatic N) is 6. The van der Waals surface area contributed by atoms with Crippen LogP contribution in [0.3, 0.4) is 0 Å². The number of H-pyrrole nitrogens is 1. The van der Waals surface area contributed by atoms with Gasteiger partial charge < -0.3 is 9.47 Å². The standard InChI is InChI=1S/C19H21N7O/c1-14-20-9-12-25(14)11-6-10-24(2)19-22-17-16(18(27)23-19)13-21-26(17)15-7-4-3-5-8-15/h3-5,7-9,12-13H,6,10-11H2,1-2H3,(H,22,23,27). The highest BCUT2D eigenvalue weighted by Gasteiger charge is 2.13. The SMILES string of the molecule is Cc1nccn1CCCN(C)c1nc2c(cnn2-c2ccccc2)c(=O)[nH]1. The molecule has 1 N–H and O–H groups in total. The number of nitrogens with one attached hydrogen (secondary N) is 1. The maximum absolute atomic E-state index is 12.5.